The smallest absolute Gasteiger partial charge is 0.134 e. The van der Waals surface area contributed by atoms with Gasteiger partial charge in [-0.1, -0.05) is 60.7 Å². The highest BCUT2D eigenvalue weighted by Crippen LogP contribution is 2.36. The Kier molecular flexibility index (Phi) is 3.09. The fourth-order valence-electron chi connectivity index (χ4n) is 2.34. The van der Waals surface area contributed by atoms with E-state index in [1.165, 1.54) is 0 Å². The number of hydrogen-bond acceptors (Lipinski definition) is 3. The Hall–Kier alpha value is -2.81. The van der Waals surface area contributed by atoms with Crippen LogP contribution in [0.2, 0.25) is 0 Å². The van der Waals surface area contributed by atoms with E-state index < -0.39 is 0 Å². The van der Waals surface area contributed by atoms with Gasteiger partial charge >= 0.3 is 0 Å². The summed E-state index contributed by atoms with van der Waals surface area (Å²) >= 11 is 0. The topological polar surface area (TPSA) is 64.9 Å². The number of aromatic nitrogens is 1. The predicted octanol–water partition coefficient (Wildman–Crippen LogP) is 3.58. The van der Waals surface area contributed by atoms with Gasteiger partial charge < -0.3 is 11.5 Å². The number of nitrogens with two attached hydrogens (primary N) is 2. The molecule has 0 amide bonds. The van der Waals surface area contributed by atoms with E-state index in [9.17, 15) is 0 Å². The molecular formula is C17H15N3. The SMILES string of the molecule is Nc1cc(-c2ccccc2)c(-c2ccccc2)c(N)n1. The molecule has 0 unspecified atom stereocenters. The van der Waals surface area contributed by atoms with Crippen LogP contribution < -0.4 is 11.5 Å². The van der Waals surface area contributed by atoms with E-state index in [-0.39, 0.29) is 0 Å². The lowest BCUT2D eigenvalue weighted by molar-refractivity contribution is 1.34. The van der Waals surface area contributed by atoms with Crippen molar-refractivity contribution in [2.24, 2.45) is 0 Å². The van der Waals surface area contributed by atoms with E-state index >= 15 is 0 Å². The Balaban J connectivity index is 2.29. The molecule has 0 aliphatic rings. The molecule has 20 heavy (non-hydrogen) atoms. The Morgan fingerprint density at radius 3 is 1.85 bits per heavy atom. The van der Waals surface area contributed by atoms with Crippen LogP contribution in [0.15, 0.2) is 66.7 Å². The highest BCUT2D eigenvalue weighted by molar-refractivity contribution is 5.90. The van der Waals surface area contributed by atoms with E-state index in [2.05, 4.69) is 4.98 Å². The third-order valence-corrected chi connectivity index (χ3v) is 3.21. The van der Waals surface area contributed by atoms with Gasteiger partial charge in [0.15, 0.2) is 0 Å². The lowest BCUT2D eigenvalue weighted by atomic mass is 9.95. The minimum absolute atomic E-state index is 0.432. The monoisotopic (exact) mass is 261 g/mol. The first-order valence-corrected chi connectivity index (χ1v) is 6.42. The van der Waals surface area contributed by atoms with Crippen LogP contribution in [-0.4, -0.2) is 4.98 Å². The first-order valence-electron chi connectivity index (χ1n) is 6.42. The molecule has 3 rings (SSSR count). The van der Waals surface area contributed by atoms with Gasteiger partial charge in [0.2, 0.25) is 0 Å². The van der Waals surface area contributed by atoms with Crippen molar-refractivity contribution in [3.05, 3.63) is 66.7 Å². The van der Waals surface area contributed by atoms with Crippen LogP contribution in [0.5, 0.6) is 0 Å². The third kappa shape index (κ3) is 2.21. The number of nitrogen functional groups attached to an aromatic ring is 2. The van der Waals surface area contributed by atoms with Crippen LogP contribution in [0.25, 0.3) is 22.3 Å². The summed E-state index contributed by atoms with van der Waals surface area (Å²) in [6, 6.07) is 21.9. The first-order chi connectivity index (χ1) is 9.75. The molecule has 0 aliphatic heterocycles. The van der Waals surface area contributed by atoms with Crippen molar-refractivity contribution in [3.63, 3.8) is 0 Å². The minimum Gasteiger partial charge on any atom is -0.384 e. The van der Waals surface area contributed by atoms with Gasteiger partial charge in [-0.2, -0.15) is 0 Å². The molecule has 0 atom stereocenters. The predicted molar refractivity (Wildman–Crippen MR) is 83.9 cm³/mol. The Labute approximate surface area is 117 Å². The van der Waals surface area contributed by atoms with E-state index in [0.29, 0.717) is 11.6 Å². The molecule has 98 valence electrons. The molecule has 0 bridgehead atoms. The molecule has 1 aromatic heterocycles. The highest BCUT2D eigenvalue weighted by Gasteiger charge is 2.13. The van der Waals surface area contributed by atoms with Gasteiger partial charge in [0.1, 0.15) is 11.6 Å². The van der Waals surface area contributed by atoms with Crippen LogP contribution >= 0.6 is 0 Å². The summed E-state index contributed by atoms with van der Waals surface area (Å²) in [5, 5.41) is 0. The van der Waals surface area contributed by atoms with Crippen LogP contribution in [-0.2, 0) is 0 Å². The molecule has 1 heterocycles. The molecule has 0 fully saturated rings. The van der Waals surface area contributed by atoms with E-state index in [4.69, 9.17) is 11.5 Å². The average Bonchev–Trinajstić information content (AvgIpc) is 2.48. The zero-order valence-electron chi connectivity index (χ0n) is 11.0. The lowest BCUT2D eigenvalue weighted by Gasteiger charge is -2.13. The molecule has 0 saturated heterocycles. The Bertz CT molecular complexity index is 722. The molecule has 0 aliphatic carbocycles. The number of nitrogens with zero attached hydrogens (tertiary/aromatic N) is 1. The standard InChI is InChI=1S/C17H15N3/c18-15-11-14(12-7-3-1-4-8-12)16(17(19)20-15)13-9-5-2-6-10-13/h1-11H,(H4,18,19,20). The van der Waals surface area contributed by atoms with Crippen molar-refractivity contribution >= 4 is 11.6 Å². The number of anilines is 2. The first kappa shape index (κ1) is 12.2. The number of hydrogen-bond donors (Lipinski definition) is 2. The van der Waals surface area contributed by atoms with Crippen molar-refractivity contribution in [3.8, 4) is 22.3 Å². The molecule has 0 radical (unpaired) electrons. The third-order valence-electron chi connectivity index (χ3n) is 3.21. The van der Waals surface area contributed by atoms with Crippen molar-refractivity contribution in [1.82, 2.24) is 4.98 Å². The molecule has 0 spiro atoms. The number of pyridine rings is 1. The molecule has 3 aromatic rings. The molecule has 2 aromatic carbocycles. The second-order valence-corrected chi connectivity index (χ2v) is 4.59. The summed E-state index contributed by atoms with van der Waals surface area (Å²) in [5.41, 5.74) is 16.0. The van der Waals surface area contributed by atoms with Gasteiger partial charge in [0, 0.05) is 5.56 Å². The minimum atomic E-state index is 0.432. The lowest BCUT2D eigenvalue weighted by Crippen LogP contribution is -2.01. The van der Waals surface area contributed by atoms with E-state index in [1.54, 1.807) is 0 Å². The summed E-state index contributed by atoms with van der Waals surface area (Å²) in [6.07, 6.45) is 0. The van der Waals surface area contributed by atoms with Gasteiger partial charge in [-0.3, -0.25) is 0 Å². The maximum absolute atomic E-state index is 6.10. The van der Waals surface area contributed by atoms with Crippen LogP contribution in [0, 0.1) is 0 Å². The number of rotatable bonds is 2. The van der Waals surface area contributed by atoms with Crippen LogP contribution in [0.3, 0.4) is 0 Å². The zero-order chi connectivity index (χ0) is 13.9. The zero-order valence-corrected chi connectivity index (χ0v) is 11.0. The summed E-state index contributed by atoms with van der Waals surface area (Å²) in [6.45, 7) is 0. The van der Waals surface area contributed by atoms with Gasteiger partial charge in [0.25, 0.3) is 0 Å². The largest absolute Gasteiger partial charge is 0.384 e. The normalized spacial score (nSPS) is 10.4. The van der Waals surface area contributed by atoms with Gasteiger partial charge in [-0.25, -0.2) is 4.98 Å². The van der Waals surface area contributed by atoms with Crippen LogP contribution in [0.1, 0.15) is 0 Å². The van der Waals surface area contributed by atoms with Crippen molar-refractivity contribution < 1.29 is 0 Å². The van der Waals surface area contributed by atoms with Gasteiger partial charge in [0.05, 0.1) is 0 Å². The molecule has 3 nitrogen and oxygen atoms in total. The Morgan fingerprint density at radius 2 is 1.25 bits per heavy atom. The summed E-state index contributed by atoms with van der Waals surface area (Å²) in [4.78, 5) is 4.19. The molecule has 3 heteroatoms. The van der Waals surface area contributed by atoms with Crippen molar-refractivity contribution in [1.29, 1.82) is 0 Å². The molecular weight excluding hydrogens is 246 g/mol. The number of benzene rings is 2. The van der Waals surface area contributed by atoms with E-state index in [0.717, 1.165) is 22.3 Å². The van der Waals surface area contributed by atoms with Crippen LogP contribution in [0.4, 0.5) is 11.6 Å². The average molecular weight is 261 g/mol. The quantitative estimate of drug-likeness (QED) is 0.741. The second-order valence-electron chi connectivity index (χ2n) is 4.59. The van der Waals surface area contributed by atoms with Crippen molar-refractivity contribution in [2.45, 2.75) is 0 Å². The maximum Gasteiger partial charge on any atom is 0.134 e. The Morgan fingerprint density at radius 1 is 0.700 bits per heavy atom. The van der Waals surface area contributed by atoms with Crippen molar-refractivity contribution in [2.75, 3.05) is 11.5 Å². The summed E-state index contributed by atoms with van der Waals surface area (Å²) in [7, 11) is 0. The van der Waals surface area contributed by atoms with Gasteiger partial charge in [-0.15, -0.1) is 0 Å². The highest BCUT2D eigenvalue weighted by atomic mass is 14.9. The molecule has 4 N–H and O–H groups in total. The molecule has 0 saturated carbocycles. The maximum atomic E-state index is 6.10. The van der Waals surface area contributed by atoms with Gasteiger partial charge in [-0.05, 0) is 22.8 Å². The van der Waals surface area contributed by atoms with E-state index in [1.807, 2.05) is 66.7 Å². The summed E-state index contributed by atoms with van der Waals surface area (Å²) < 4.78 is 0. The summed E-state index contributed by atoms with van der Waals surface area (Å²) in [5.74, 6) is 0.885. The fraction of sp³-hybridized carbons (Fsp3) is 0. The second kappa shape index (κ2) is 5.05. The fourth-order valence-corrected chi connectivity index (χ4v) is 2.34.